The minimum absolute atomic E-state index is 0.137. The first kappa shape index (κ1) is 55.6. The van der Waals surface area contributed by atoms with Crippen molar-refractivity contribution in [3.63, 3.8) is 0 Å². The predicted octanol–water partition coefficient (Wildman–Crippen LogP) is 10.8. The monoisotopic (exact) mass is 998 g/mol. The van der Waals surface area contributed by atoms with E-state index in [2.05, 4.69) is 23.1 Å². The lowest BCUT2D eigenvalue weighted by atomic mass is 10.0. The van der Waals surface area contributed by atoms with Crippen LogP contribution in [0.15, 0.2) is 76.5 Å². The summed E-state index contributed by atoms with van der Waals surface area (Å²) in [6, 6.07) is 11.0. The fourth-order valence-electron chi connectivity index (χ4n) is 6.72. The van der Waals surface area contributed by atoms with E-state index in [1.165, 1.54) is 125 Å². The largest absolute Gasteiger partial charge is 0.539 e. The third-order valence-electron chi connectivity index (χ3n) is 10.3. The predicted molar refractivity (Wildman–Crippen MR) is 249 cm³/mol. The molecular weight excluding hydrogens is 933 g/mol. The van der Waals surface area contributed by atoms with E-state index in [4.69, 9.17) is 32.1 Å². The summed E-state index contributed by atoms with van der Waals surface area (Å²) in [5.41, 5.74) is -0.830. The van der Waals surface area contributed by atoms with Crippen LogP contribution in [0.2, 0.25) is 0 Å². The van der Waals surface area contributed by atoms with Crippen molar-refractivity contribution in [2.24, 2.45) is 0 Å². The zero-order chi connectivity index (χ0) is 48.7. The molecule has 0 fully saturated rings. The van der Waals surface area contributed by atoms with Gasteiger partial charge in [-0.25, -0.2) is 18.5 Å². The molecule has 2 heterocycles. The van der Waals surface area contributed by atoms with Crippen LogP contribution in [0.4, 0.5) is 0 Å². The van der Waals surface area contributed by atoms with Gasteiger partial charge in [0.25, 0.3) is 5.56 Å². The van der Waals surface area contributed by atoms with Crippen molar-refractivity contribution in [3.05, 3.63) is 98.8 Å². The fourth-order valence-corrected chi connectivity index (χ4v) is 10.8. The number of aromatic amines is 1. The average molecular weight is 999 g/mol. The zero-order valence-corrected chi connectivity index (χ0v) is 41.1. The summed E-state index contributed by atoms with van der Waals surface area (Å²) in [5.74, 6) is -0.738. The number of hydrogen-bond donors (Lipinski definition) is 3. The van der Waals surface area contributed by atoms with Crippen molar-refractivity contribution in [2.75, 3.05) is 6.61 Å². The highest BCUT2D eigenvalue weighted by Crippen LogP contribution is 2.69. The number of esters is 2. The van der Waals surface area contributed by atoms with Crippen LogP contribution in [0.1, 0.15) is 147 Å². The van der Waals surface area contributed by atoms with Crippen molar-refractivity contribution >= 4 is 35.4 Å². The second-order valence-corrected chi connectivity index (χ2v) is 20.9. The van der Waals surface area contributed by atoms with Gasteiger partial charge in [-0.1, -0.05) is 122 Å². The average Bonchev–Trinajstić information content (AvgIpc) is 3.75. The Morgan fingerprint density at radius 2 is 1.15 bits per heavy atom. The molecule has 0 bridgehead atoms. The van der Waals surface area contributed by atoms with Gasteiger partial charge in [-0.15, -0.1) is 0 Å². The van der Waals surface area contributed by atoms with Gasteiger partial charge in [-0.05, 0) is 67.8 Å². The topological polar surface area (TPSA) is 255 Å². The third kappa shape index (κ3) is 21.5. The van der Waals surface area contributed by atoms with Crippen LogP contribution in [-0.4, -0.2) is 44.0 Å². The van der Waals surface area contributed by atoms with Gasteiger partial charge in [-0.2, -0.15) is 8.62 Å². The van der Waals surface area contributed by atoms with E-state index in [0.717, 1.165) is 43.1 Å². The van der Waals surface area contributed by atoms with Crippen LogP contribution in [-0.2, 0) is 52.3 Å². The molecule has 372 valence electrons. The fraction of sp³-hybridized carbons (Fsp3) is 0.556. The second-order valence-electron chi connectivity index (χ2n) is 16.2. The van der Waals surface area contributed by atoms with Crippen LogP contribution in [0.3, 0.4) is 0 Å². The number of benzene rings is 2. The number of carbonyl (C=O) groups is 2. The van der Waals surface area contributed by atoms with Crippen LogP contribution in [0.25, 0.3) is 0 Å². The van der Waals surface area contributed by atoms with Gasteiger partial charge in [0.1, 0.15) is 23.4 Å². The van der Waals surface area contributed by atoms with Crippen LogP contribution < -0.4 is 25.2 Å². The summed E-state index contributed by atoms with van der Waals surface area (Å²) in [7, 11) is -16.6. The van der Waals surface area contributed by atoms with Crippen molar-refractivity contribution in [1.29, 1.82) is 0 Å². The molecule has 1 aliphatic heterocycles. The summed E-state index contributed by atoms with van der Waals surface area (Å²) in [6.07, 6.45) is 19.9. The first-order valence-electron chi connectivity index (χ1n) is 22.9. The molecule has 5 atom stereocenters. The van der Waals surface area contributed by atoms with E-state index in [-0.39, 0.29) is 35.7 Å². The van der Waals surface area contributed by atoms with Gasteiger partial charge in [-0.3, -0.25) is 33.0 Å². The molecule has 0 saturated carbocycles. The molecule has 3 unspecified atom stereocenters. The van der Waals surface area contributed by atoms with Crippen molar-refractivity contribution in [2.45, 2.75) is 155 Å². The van der Waals surface area contributed by atoms with Crippen molar-refractivity contribution in [1.82, 2.24) is 9.55 Å². The highest BCUT2D eigenvalue weighted by atomic mass is 31.3. The smallest absolute Gasteiger partial charge is 0.427 e. The Bertz CT molecular complexity index is 2300. The highest BCUT2D eigenvalue weighted by molar-refractivity contribution is 7.67. The van der Waals surface area contributed by atoms with Crippen LogP contribution in [0, 0.1) is 6.92 Å². The SMILES string of the molecule is CCCCCCCCCCCCCCC(=O)Oc1ccc(OP(=O)(OCc2ccc(OC(=O)CCCCCC)cc2)OP(=O)(O)OP(=O)(O)OC[C@@H]2C=C[C@H](n3cc(C)c(=O)[nH]c3=O)O2)cc1. The van der Waals surface area contributed by atoms with Gasteiger partial charge in [0.2, 0.25) is 0 Å². The van der Waals surface area contributed by atoms with Gasteiger partial charge in [0, 0.05) is 24.6 Å². The van der Waals surface area contributed by atoms with E-state index < -0.39 is 72.2 Å². The molecular formula is C45H65N2O17P3. The number of ether oxygens (including phenoxy) is 3. The highest BCUT2D eigenvalue weighted by Gasteiger charge is 2.45. The van der Waals surface area contributed by atoms with Gasteiger partial charge in [0.15, 0.2) is 6.23 Å². The maximum Gasteiger partial charge on any atom is 0.539 e. The molecule has 0 radical (unpaired) electrons. The number of rotatable bonds is 33. The van der Waals surface area contributed by atoms with E-state index >= 15 is 0 Å². The van der Waals surface area contributed by atoms with Gasteiger partial charge >= 0.3 is 41.1 Å². The standard InChI is InChI=1S/C45H65N2O17P3/c1-4-6-8-10-11-12-13-14-15-16-17-19-21-43(49)61-38-26-28-39(29-27-38)62-67(56,58-33-36-22-24-37(25-23-36)60-42(48)20-18-9-7-5-2)64-66(54,55)63-65(52,53)57-34-40-30-31-41(59-40)47-32-35(3)44(50)46-45(47)51/h22-32,40-41H,4-21,33-34H2,1-3H3,(H,52,53)(H,54,55)(H,46,50,51)/t40-,41+,67?/m0/s1. The number of aryl methyl sites for hydroxylation is 1. The van der Waals surface area contributed by atoms with Crippen LogP contribution in [0.5, 0.6) is 17.2 Å². The van der Waals surface area contributed by atoms with Gasteiger partial charge < -0.3 is 28.5 Å². The summed E-state index contributed by atoms with van der Waals surface area (Å²) >= 11 is 0. The summed E-state index contributed by atoms with van der Waals surface area (Å²) < 4.78 is 82.6. The third-order valence-corrected chi connectivity index (χ3v) is 15.0. The molecule has 1 aliphatic rings. The van der Waals surface area contributed by atoms with E-state index in [9.17, 15) is 42.7 Å². The van der Waals surface area contributed by atoms with Crippen molar-refractivity contribution in [3.8, 4) is 17.2 Å². The van der Waals surface area contributed by atoms with E-state index in [0.29, 0.717) is 18.4 Å². The molecule has 0 amide bonds. The lowest BCUT2D eigenvalue weighted by Gasteiger charge is -2.22. The Morgan fingerprint density at radius 3 is 1.70 bits per heavy atom. The number of nitrogens with one attached hydrogen (secondary N) is 1. The number of aromatic nitrogens is 2. The molecule has 1 aromatic heterocycles. The minimum atomic E-state index is -5.84. The van der Waals surface area contributed by atoms with Gasteiger partial charge in [0.05, 0.1) is 13.2 Å². The second kappa shape index (κ2) is 28.5. The molecule has 0 spiro atoms. The summed E-state index contributed by atoms with van der Waals surface area (Å²) in [5, 5.41) is 0. The number of H-pyrrole nitrogens is 1. The molecule has 67 heavy (non-hydrogen) atoms. The molecule has 22 heteroatoms. The Kier molecular flexibility index (Phi) is 23.6. The van der Waals surface area contributed by atoms with E-state index in [1.54, 1.807) is 0 Å². The Balaban J connectivity index is 1.33. The first-order valence-corrected chi connectivity index (χ1v) is 27.4. The minimum Gasteiger partial charge on any atom is -0.427 e. The number of unbranched alkanes of at least 4 members (excludes halogenated alkanes) is 14. The maximum atomic E-state index is 14.1. The number of phosphoric ester groups is 2. The first-order chi connectivity index (χ1) is 32.0. The molecule has 3 N–H and O–H groups in total. The molecule has 4 rings (SSSR count). The molecule has 0 aliphatic carbocycles. The maximum absolute atomic E-state index is 14.1. The summed E-state index contributed by atoms with van der Waals surface area (Å²) in [4.78, 5) is 71.9. The zero-order valence-electron chi connectivity index (χ0n) is 38.5. The van der Waals surface area contributed by atoms with Crippen LogP contribution >= 0.6 is 23.5 Å². The number of hydrogen-bond acceptors (Lipinski definition) is 15. The molecule has 19 nitrogen and oxygen atoms in total. The Morgan fingerprint density at radius 1 is 0.657 bits per heavy atom. The lowest BCUT2D eigenvalue weighted by Crippen LogP contribution is -2.33. The van der Waals surface area contributed by atoms with Crippen molar-refractivity contribution < 1.29 is 69.5 Å². The number of carbonyl (C=O) groups excluding carboxylic acids is 2. The lowest BCUT2D eigenvalue weighted by molar-refractivity contribution is -0.135. The molecule has 2 aromatic carbocycles. The van der Waals surface area contributed by atoms with E-state index in [1.807, 2.05) is 0 Å². The Labute approximate surface area is 391 Å². The quantitative estimate of drug-likeness (QED) is 0.0168. The molecule has 3 aromatic rings. The number of phosphoric acid groups is 3. The normalized spacial score (nSPS) is 17.3. The number of nitrogens with zero attached hydrogens (tertiary/aromatic N) is 1. The molecule has 0 saturated heterocycles. The Hall–Kier alpha value is -3.99. The summed E-state index contributed by atoms with van der Waals surface area (Å²) in [6.45, 7) is 4.44.